The number of hydrogen-bond acceptors (Lipinski definition) is 2. The molecule has 136 valence electrons. The quantitative estimate of drug-likeness (QED) is 0.386. The summed E-state index contributed by atoms with van der Waals surface area (Å²) in [5.74, 6) is 1.31. The third kappa shape index (κ3) is 6.08. The molecule has 24 heavy (non-hydrogen) atoms. The highest BCUT2D eigenvalue weighted by Gasteiger charge is 2.46. The number of allylic oxidation sites excluding steroid dienone is 4. The van der Waals surface area contributed by atoms with Crippen LogP contribution >= 0.6 is 0 Å². The van der Waals surface area contributed by atoms with Gasteiger partial charge in [0.25, 0.3) is 0 Å². The zero-order valence-electron chi connectivity index (χ0n) is 15.2. The van der Waals surface area contributed by atoms with Crippen molar-refractivity contribution in [3.63, 3.8) is 0 Å². The molecule has 1 saturated carbocycles. The topological polar surface area (TPSA) is 46.5 Å². The van der Waals surface area contributed by atoms with Crippen molar-refractivity contribution in [2.75, 3.05) is 6.61 Å². The second-order valence-electron chi connectivity index (χ2n) is 7.38. The summed E-state index contributed by atoms with van der Waals surface area (Å²) in [5.41, 5.74) is 0. The van der Waals surface area contributed by atoms with E-state index < -0.39 is 5.97 Å². The van der Waals surface area contributed by atoms with E-state index in [1.165, 1.54) is 38.5 Å². The minimum atomic E-state index is -0.700. The summed E-state index contributed by atoms with van der Waals surface area (Å²) >= 11 is 0. The number of rotatable bonds is 12. The minimum absolute atomic E-state index is 0.269. The van der Waals surface area contributed by atoms with E-state index in [1.807, 2.05) is 0 Å². The summed E-state index contributed by atoms with van der Waals surface area (Å²) in [6.07, 6.45) is 20.4. The van der Waals surface area contributed by atoms with E-state index in [0.29, 0.717) is 23.9 Å². The molecule has 2 rings (SSSR count). The average molecular weight is 335 g/mol. The lowest BCUT2D eigenvalue weighted by atomic mass is 9.85. The molecule has 2 aliphatic rings. The fourth-order valence-electron chi connectivity index (χ4n) is 4.14. The van der Waals surface area contributed by atoms with Crippen molar-refractivity contribution in [1.82, 2.24) is 0 Å². The van der Waals surface area contributed by atoms with Crippen LogP contribution in [0.15, 0.2) is 24.3 Å². The third-order valence-electron chi connectivity index (χ3n) is 5.49. The third-order valence-corrected chi connectivity index (χ3v) is 5.49. The number of carboxylic acids is 1. The zero-order chi connectivity index (χ0) is 17.2. The lowest BCUT2D eigenvalue weighted by Crippen LogP contribution is -2.27. The van der Waals surface area contributed by atoms with Gasteiger partial charge in [0.2, 0.25) is 0 Å². The molecule has 3 nitrogen and oxygen atoms in total. The largest absolute Gasteiger partial charge is 0.481 e. The Balaban J connectivity index is 1.72. The van der Waals surface area contributed by atoms with E-state index in [-0.39, 0.29) is 6.42 Å². The average Bonchev–Trinajstić information content (AvgIpc) is 3.15. The molecule has 2 bridgehead atoms. The first-order chi connectivity index (χ1) is 11.7. The van der Waals surface area contributed by atoms with E-state index in [2.05, 4.69) is 31.2 Å². The smallest absolute Gasteiger partial charge is 0.303 e. The molecule has 1 saturated heterocycles. The lowest BCUT2D eigenvalue weighted by Gasteiger charge is -2.28. The molecule has 1 N–H and O–H groups in total. The summed E-state index contributed by atoms with van der Waals surface area (Å²) in [5, 5.41) is 8.65. The lowest BCUT2D eigenvalue weighted by molar-refractivity contribution is -0.137. The van der Waals surface area contributed by atoms with Gasteiger partial charge in [0.05, 0.1) is 12.7 Å². The Bertz CT molecular complexity index is 427. The van der Waals surface area contributed by atoms with Crippen LogP contribution in [-0.4, -0.2) is 23.8 Å². The number of fused-ring (bicyclic) bond motifs is 2. The van der Waals surface area contributed by atoms with Gasteiger partial charge in [0.15, 0.2) is 0 Å². The molecule has 0 aromatic heterocycles. The number of carbonyl (C=O) groups is 1. The van der Waals surface area contributed by atoms with Gasteiger partial charge < -0.3 is 9.84 Å². The predicted molar refractivity (Wildman–Crippen MR) is 98.0 cm³/mol. The number of unbranched alkanes of at least 4 members (excludes halogenated alkanes) is 5. The van der Waals surface area contributed by atoms with Crippen LogP contribution in [0.2, 0.25) is 0 Å². The van der Waals surface area contributed by atoms with Crippen molar-refractivity contribution in [2.24, 2.45) is 17.8 Å². The van der Waals surface area contributed by atoms with Crippen LogP contribution in [0.1, 0.15) is 71.1 Å². The maximum absolute atomic E-state index is 10.5. The molecule has 0 spiro atoms. The van der Waals surface area contributed by atoms with Crippen molar-refractivity contribution in [1.29, 1.82) is 0 Å². The van der Waals surface area contributed by atoms with Gasteiger partial charge in [-0.05, 0) is 56.3 Å². The van der Waals surface area contributed by atoms with E-state index in [0.717, 1.165) is 25.9 Å². The van der Waals surface area contributed by atoms with E-state index in [4.69, 9.17) is 9.84 Å². The van der Waals surface area contributed by atoms with Gasteiger partial charge in [-0.15, -0.1) is 0 Å². The van der Waals surface area contributed by atoms with Crippen LogP contribution < -0.4 is 0 Å². The van der Waals surface area contributed by atoms with Crippen LogP contribution in [-0.2, 0) is 9.53 Å². The van der Waals surface area contributed by atoms with Crippen LogP contribution in [0.3, 0.4) is 0 Å². The van der Waals surface area contributed by atoms with Crippen molar-refractivity contribution in [3.8, 4) is 0 Å². The number of ether oxygens (including phenoxy) is 1. The van der Waals surface area contributed by atoms with Gasteiger partial charge in [0, 0.05) is 6.42 Å². The Morgan fingerprint density at radius 2 is 1.96 bits per heavy atom. The molecule has 1 aliphatic heterocycles. The maximum Gasteiger partial charge on any atom is 0.303 e. The summed E-state index contributed by atoms with van der Waals surface area (Å²) in [4.78, 5) is 10.5. The predicted octanol–water partition coefficient (Wildman–Crippen LogP) is 5.37. The molecule has 0 amide bonds. The zero-order valence-corrected chi connectivity index (χ0v) is 15.2. The fraction of sp³-hybridized carbons (Fsp3) is 0.762. The summed E-state index contributed by atoms with van der Waals surface area (Å²) in [6, 6.07) is 0. The van der Waals surface area contributed by atoms with E-state index in [1.54, 1.807) is 0 Å². The first-order valence-corrected chi connectivity index (χ1v) is 9.87. The molecule has 0 aromatic carbocycles. The highest BCUT2D eigenvalue weighted by Crippen LogP contribution is 2.47. The molecular weight excluding hydrogens is 300 g/mol. The van der Waals surface area contributed by atoms with Crippen LogP contribution in [0.5, 0.6) is 0 Å². The SMILES string of the molecule is CCCCCCC=C[C@H]1C2CO[C@@H](C2)[C@@H]1CC=CCCCC(=O)O. The number of aliphatic carboxylic acids is 1. The Morgan fingerprint density at radius 1 is 1.12 bits per heavy atom. The monoisotopic (exact) mass is 334 g/mol. The Hall–Kier alpha value is -1.09. The van der Waals surface area contributed by atoms with Crippen LogP contribution in [0.4, 0.5) is 0 Å². The molecule has 1 heterocycles. The summed E-state index contributed by atoms with van der Waals surface area (Å²) in [7, 11) is 0. The molecule has 2 fully saturated rings. The summed E-state index contributed by atoms with van der Waals surface area (Å²) < 4.78 is 5.92. The Labute approximate surface area is 147 Å². The van der Waals surface area contributed by atoms with Gasteiger partial charge in [-0.3, -0.25) is 4.79 Å². The highest BCUT2D eigenvalue weighted by atomic mass is 16.5. The molecular formula is C21H34O3. The molecule has 4 atom stereocenters. The first-order valence-electron chi connectivity index (χ1n) is 9.87. The van der Waals surface area contributed by atoms with Crippen molar-refractivity contribution in [2.45, 2.75) is 77.2 Å². The maximum atomic E-state index is 10.5. The molecule has 0 radical (unpaired) electrons. The Kier molecular flexibility index (Phi) is 8.58. The summed E-state index contributed by atoms with van der Waals surface area (Å²) in [6.45, 7) is 3.19. The molecule has 1 aliphatic carbocycles. The van der Waals surface area contributed by atoms with Crippen molar-refractivity contribution in [3.05, 3.63) is 24.3 Å². The first kappa shape index (κ1) is 19.2. The molecule has 3 heteroatoms. The van der Waals surface area contributed by atoms with Crippen molar-refractivity contribution < 1.29 is 14.6 Å². The number of carboxylic acid groups (broad SMARTS) is 1. The van der Waals surface area contributed by atoms with E-state index >= 15 is 0 Å². The van der Waals surface area contributed by atoms with Gasteiger partial charge in [-0.25, -0.2) is 0 Å². The van der Waals surface area contributed by atoms with Gasteiger partial charge in [-0.1, -0.05) is 50.5 Å². The van der Waals surface area contributed by atoms with Crippen LogP contribution in [0.25, 0.3) is 0 Å². The fourth-order valence-corrected chi connectivity index (χ4v) is 4.14. The van der Waals surface area contributed by atoms with Gasteiger partial charge in [-0.2, -0.15) is 0 Å². The Morgan fingerprint density at radius 3 is 2.75 bits per heavy atom. The van der Waals surface area contributed by atoms with E-state index in [9.17, 15) is 4.79 Å². The second kappa shape index (κ2) is 10.7. The second-order valence-corrected chi connectivity index (χ2v) is 7.38. The van der Waals surface area contributed by atoms with Crippen LogP contribution in [0, 0.1) is 17.8 Å². The standard InChI is InChI=1S/C21H34O3/c1-2-3-4-5-6-9-12-18-17-15-20(24-16-17)19(18)13-10-7-8-11-14-21(22)23/h7,9-10,12,17-20H,2-6,8,11,13-16H2,1H3,(H,22,23)/t17?,18-,19+,20-/m0/s1. The molecule has 1 unspecified atom stereocenters. The van der Waals surface area contributed by atoms with Gasteiger partial charge >= 0.3 is 5.97 Å². The highest BCUT2D eigenvalue weighted by molar-refractivity contribution is 5.66. The van der Waals surface area contributed by atoms with Crippen molar-refractivity contribution >= 4 is 5.97 Å². The minimum Gasteiger partial charge on any atom is -0.481 e. The van der Waals surface area contributed by atoms with Gasteiger partial charge in [0.1, 0.15) is 0 Å². The number of hydrogen-bond donors (Lipinski definition) is 1. The molecule has 0 aromatic rings. The normalized spacial score (nSPS) is 29.2.